The summed E-state index contributed by atoms with van der Waals surface area (Å²) in [5, 5.41) is 0. The van der Waals surface area contributed by atoms with E-state index in [0.29, 0.717) is 11.8 Å². The summed E-state index contributed by atoms with van der Waals surface area (Å²) in [5.74, 6) is 1.30. The minimum absolute atomic E-state index is 0.173. The van der Waals surface area contributed by atoms with Gasteiger partial charge in [-0.15, -0.1) is 0 Å². The summed E-state index contributed by atoms with van der Waals surface area (Å²) in [6.45, 7) is 10.3. The number of rotatable bonds is 3. The van der Waals surface area contributed by atoms with Crippen molar-refractivity contribution < 1.29 is 9.53 Å². The summed E-state index contributed by atoms with van der Waals surface area (Å²) in [4.78, 5) is 13.7. The summed E-state index contributed by atoms with van der Waals surface area (Å²) < 4.78 is 5.38. The van der Waals surface area contributed by atoms with E-state index in [2.05, 4.69) is 6.92 Å². The van der Waals surface area contributed by atoms with Crippen LogP contribution in [0.15, 0.2) is 0 Å². The molecule has 1 amide bonds. The Labute approximate surface area is 111 Å². The van der Waals surface area contributed by atoms with Crippen molar-refractivity contribution in [2.75, 3.05) is 19.6 Å². The predicted octanol–water partition coefficient (Wildman–Crippen LogP) is 2.62. The van der Waals surface area contributed by atoms with Gasteiger partial charge in [-0.25, -0.2) is 4.79 Å². The van der Waals surface area contributed by atoms with E-state index in [-0.39, 0.29) is 6.09 Å². The molecule has 1 rings (SSSR count). The fourth-order valence-electron chi connectivity index (χ4n) is 2.34. The van der Waals surface area contributed by atoms with E-state index in [0.717, 1.165) is 32.5 Å². The van der Waals surface area contributed by atoms with Crippen LogP contribution in [0.5, 0.6) is 0 Å². The van der Waals surface area contributed by atoms with E-state index >= 15 is 0 Å². The first-order valence-electron chi connectivity index (χ1n) is 7.00. The van der Waals surface area contributed by atoms with Crippen LogP contribution in [0.1, 0.15) is 47.0 Å². The zero-order chi connectivity index (χ0) is 13.8. The minimum Gasteiger partial charge on any atom is -0.444 e. The number of nitrogens with two attached hydrogens (primary N) is 1. The van der Waals surface area contributed by atoms with Crippen molar-refractivity contribution in [2.45, 2.75) is 52.6 Å². The Balaban J connectivity index is 2.33. The van der Waals surface area contributed by atoms with Gasteiger partial charge >= 0.3 is 6.09 Å². The third-order valence-electron chi connectivity index (χ3n) is 3.40. The van der Waals surface area contributed by atoms with Gasteiger partial charge in [-0.1, -0.05) is 6.92 Å². The molecule has 4 nitrogen and oxygen atoms in total. The monoisotopic (exact) mass is 256 g/mol. The lowest BCUT2D eigenvalue weighted by molar-refractivity contribution is 0.0177. The van der Waals surface area contributed by atoms with Gasteiger partial charge in [0, 0.05) is 13.1 Å². The highest BCUT2D eigenvalue weighted by atomic mass is 16.6. The number of hydrogen-bond acceptors (Lipinski definition) is 3. The topological polar surface area (TPSA) is 55.6 Å². The Hall–Kier alpha value is -0.770. The van der Waals surface area contributed by atoms with Crippen LogP contribution in [0.25, 0.3) is 0 Å². The fraction of sp³-hybridized carbons (Fsp3) is 0.929. The second kappa shape index (κ2) is 6.41. The molecule has 0 bridgehead atoms. The number of ether oxygens (including phenoxy) is 1. The summed E-state index contributed by atoms with van der Waals surface area (Å²) in [5.41, 5.74) is 5.25. The molecule has 1 fully saturated rings. The first kappa shape index (κ1) is 15.3. The number of carbonyl (C=O) groups is 1. The average molecular weight is 256 g/mol. The van der Waals surface area contributed by atoms with Crippen molar-refractivity contribution in [3.63, 3.8) is 0 Å². The summed E-state index contributed by atoms with van der Waals surface area (Å²) in [7, 11) is 0. The molecule has 0 aromatic rings. The molecule has 1 unspecified atom stereocenters. The number of carbonyl (C=O) groups excluding carboxylic acids is 1. The third-order valence-corrected chi connectivity index (χ3v) is 3.40. The van der Waals surface area contributed by atoms with Gasteiger partial charge in [0.15, 0.2) is 0 Å². The molecule has 106 valence electrons. The maximum atomic E-state index is 11.9. The van der Waals surface area contributed by atoms with Gasteiger partial charge in [0.25, 0.3) is 0 Å². The minimum atomic E-state index is -0.401. The van der Waals surface area contributed by atoms with E-state index in [1.807, 2.05) is 25.7 Å². The quantitative estimate of drug-likeness (QED) is 0.844. The molecule has 0 aliphatic carbocycles. The van der Waals surface area contributed by atoms with E-state index in [1.165, 1.54) is 6.42 Å². The van der Waals surface area contributed by atoms with Crippen molar-refractivity contribution in [1.29, 1.82) is 0 Å². The SMILES string of the molecule is CC(CN)CC1CCN(C(=O)OC(C)(C)C)CC1. The largest absolute Gasteiger partial charge is 0.444 e. The molecule has 1 aliphatic rings. The van der Waals surface area contributed by atoms with Gasteiger partial charge in [-0.3, -0.25) is 0 Å². The maximum Gasteiger partial charge on any atom is 0.410 e. The van der Waals surface area contributed by atoms with Crippen molar-refractivity contribution >= 4 is 6.09 Å². The average Bonchev–Trinajstić information content (AvgIpc) is 2.27. The molecule has 4 heteroatoms. The van der Waals surface area contributed by atoms with Crippen LogP contribution in [0.2, 0.25) is 0 Å². The molecule has 18 heavy (non-hydrogen) atoms. The molecule has 1 saturated heterocycles. The van der Waals surface area contributed by atoms with Gasteiger partial charge in [0.2, 0.25) is 0 Å². The molecule has 0 spiro atoms. The van der Waals surface area contributed by atoms with Gasteiger partial charge in [0.05, 0.1) is 0 Å². The number of piperidine rings is 1. The predicted molar refractivity (Wildman–Crippen MR) is 73.4 cm³/mol. The number of likely N-dealkylation sites (tertiary alicyclic amines) is 1. The molecule has 1 heterocycles. The molecule has 1 aliphatic heterocycles. The molecule has 1 atom stereocenters. The van der Waals surface area contributed by atoms with Gasteiger partial charge in [0.1, 0.15) is 5.60 Å². The second-order valence-electron chi connectivity index (χ2n) is 6.49. The first-order valence-corrected chi connectivity index (χ1v) is 7.00. The van der Waals surface area contributed by atoms with Crippen LogP contribution < -0.4 is 5.73 Å². The number of hydrogen-bond donors (Lipinski definition) is 1. The zero-order valence-electron chi connectivity index (χ0n) is 12.2. The van der Waals surface area contributed by atoms with Crippen molar-refractivity contribution in [3.05, 3.63) is 0 Å². The number of nitrogens with zero attached hydrogens (tertiary/aromatic N) is 1. The molecule has 0 saturated carbocycles. The van der Waals surface area contributed by atoms with E-state index < -0.39 is 5.60 Å². The van der Waals surface area contributed by atoms with Crippen LogP contribution in [0.4, 0.5) is 4.79 Å². The Kier molecular flexibility index (Phi) is 5.45. The van der Waals surface area contributed by atoms with Crippen LogP contribution in [-0.2, 0) is 4.74 Å². The van der Waals surface area contributed by atoms with Gasteiger partial charge < -0.3 is 15.4 Å². The molecule has 0 aromatic carbocycles. The first-order chi connectivity index (χ1) is 8.31. The number of amides is 1. The zero-order valence-corrected chi connectivity index (χ0v) is 12.2. The van der Waals surface area contributed by atoms with Crippen LogP contribution >= 0.6 is 0 Å². The smallest absolute Gasteiger partial charge is 0.410 e. The van der Waals surface area contributed by atoms with Crippen LogP contribution in [0, 0.1) is 11.8 Å². The van der Waals surface area contributed by atoms with E-state index in [4.69, 9.17) is 10.5 Å². The molecule has 0 aromatic heterocycles. The highest BCUT2D eigenvalue weighted by molar-refractivity contribution is 5.68. The summed E-state index contributed by atoms with van der Waals surface area (Å²) in [6.07, 6.45) is 3.15. The van der Waals surface area contributed by atoms with Crippen LogP contribution in [-0.4, -0.2) is 36.2 Å². The highest BCUT2D eigenvalue weighted by Crippen LogP contribution is 2.24. The van der Waals surface area contributed by atoms with Gasteiger partial charge in [-0.2, -0.15) is 0 Å². The van der Waals surface area contributed by atoms with Crippen molar-refractivity contribution in [3.8, 4) is 0 Å². The lowest BCUT2D eigenvalue weighted by Crippen LogP contribution is -2.42. The van der Waals surface area contributed by atoms with Crippen molar-refractivity contribution in [2.24, 2.45) is 17.6 Å². The standard InChI is InChI=1S/C14H28N2O2/c1-11(10-15)9-12-5-7-16(8-6-12)13(17)18-14(2,3)4/h11-12H,5-10,15H2,1-4H3. The molecule has 0 radical (unpaired) electrons. The normalized spacial score (nSPS) is 19.7. The molecular formula is C14H28N2O2. The molecular weight excluding hydrogens is 228 g/mol. The molecule has 2 N–H and O–H groups in total. The maximum absolute atomic E-state index is 11.9. The van der Waals surface area contributed by atoms with Crippen molar-refractivity contribution in [1.82, 2.24) is 4.90 Å². The second-order valence-corrected chi connectivity index (χ2v) is 6.49. The van der Waals surface area contributed by atoms with E-state index in [9.17, 15) is 4.79 Å². The van der Waals surface area contributed by atoms with Crippen LogP contribution in [0.3, 0.4) is 0 Å². The highest BCUT2D eigenvalue weighted by Gasteiger charge is 2.27. The summed E-state index contributed by atoms with van der Waals surface area (Å²) in [6, 6.07) is 0. The fourth-order valence-corrected chi connectivity index (χ4v) is 2.34. The van der Waals surface area contributed by atoms with E-state index in [1.54, 1.807) is 0 Å². The third kappa shape index (κ3) is 5.25. The lowest BCUT2D eigenvalue weighted by Gasteiger charge is -2.34. The van der Waals surface area contributed by atoms with Gasteiger partial charge in [-0.05, 0) is 58.4 Å². The summed E-state index contributed by atoms with van der Waals surface area (Å²) >= 11 is 0. The Morgan fingerprint density at radius 3 is 2.39 bits per heavy atom. The Morgan fingerprint density at radius 1 is 1.39 bits per heavy atom. The Morgan fingerprint density at radius 2 is 1.94 bits per heavy atom. The lowest BCUT2D eigenvalue weighted by atomic mass is 9.88. The Bertz CT molecular complexity index is 265.